The summed E-state index contributed by atoms with van der Waals surface area (Å²) in [5, 5.41) is 6.61. The maximum atomic E-state index is 5.94. The Hall–Kier alpha value is -1.95. The van der Waals surface area contributed by atoms with E-state index in [2.05, 4.69) is 15.6 Å². The maximum Gasteiger partial charge on any atom is 0.191 e. The second-order valence-electron chi connectivity index (χ2n) is 6.59. The predicted octanol–water partition coefficient (Wildman–Crippen LogP) is 2.98. The first-order chi connectivity index (χ1) is 12.7. The van der Waals surface area contributed by atoms with Crippen molar-refractivity contribution >= 4 is 5.96 Å². The molecular formula is C20H33N3O3. The minimum atomic E-state index is -0.0180. The van der Waals surface area contributed by atoms with E-state index in [0.29, 0.717) is 12.6 Å². The number of rotatable bonds is 10. The van der Waals surface area contributed by atoms with E-state index >= 15 is 0 Å². The molecule has 6 heteroatoms. The summed E-state index contributed by atoms with van der Waals surface area (Å²) in [4.78, 5) is 4.25. The molecule has 0 aromatic heterocycles. The van der Waals surface area contributed by atoms with Gasteiger partial charge in [0, 0.05) is 20.2 Å². The SMILES string of the molecule is CN=C(NCCCOC1CCCC1)NCC(C)Oc1ccccc1OC. The van der Waals surface area contributed by atoms with Crippen LogP contribution in [0.5, 0.6) is 11.5 Å². The van der Waals surface area contributed by atoms with Crippen molar-refractivity contribution in [3.05, 3.63) is 24.3 Å². The van der Waals surface area contributed by atoms with Crippen molar-refractivity contribution in [1.29, 1.82) is 0 Å². The van der Waals surface area contributed by atoms with Crippen molar-refractivity contribution < 1.29 is 14.2 Å². The number of benzene rings is 1. The average Bonchev–Trinajstić information content (AvgIpc) is 3.18. The van der Waals surface area contributed by atoms with Crippen LogP contribution < -0.4 is 20.1 Å². The van der Waals surface area contributed by atoms with Crippen molar-refractivity contribution in [2.24, 2.45) is 4.99 Å². The van der Waals surface area contributed by atoms with Crippen molar-refractivity contribution in [3.8, 4) is 11.5 Å². The number of ether oxygens (including phenoxy) is 3. The third-order valence-corrected chi connectivity index (χ3v) is 4.45. The number of hydrogen-bond acceptors (Lipinski definition) is 4. The van der Waals surface area contributed by atoms with Gasteiger partial charge >= 0.3 is 0 Å². The largest absolute Gasteiger partial charge is 0.493 e. The summed E-state index contributed by atoms with van der Waals surface area (Å²) >= 11 is 0. The van der Waals surface area contributed by atoms with Gasteiger partial charge in [0.2, 0.25) is 0 Å². The van der Waals surface area contributed by atoms with Gasteiger partial charge in [0.1, 0.15) is 6.10 Å². The molecule has 1 aliphatic rings. The summed E-state index contributed by atoms with van der Waals surface area (Å²) in [6, 6.07) is 7.67. The Bertz CT molecular complexity index is 545. The van der Waals surface area contributed by atoms with E-state index in [9.17, 15) is 0 Å². The molecule has 2 N–H and O–H groups in total. The monoisotopic (exact) mass is 363 g/mol. The molecule has 0 saturated heterocycles. The van der Waals surface area contributed by atoms with Crippen LogP contribution in [0.1, 0.15) is 39.0 Å². The minimum Gasteiger partial charge on any atom is -0.493 e. The van der Waals surface area contributed by atoms with Gasteiger partial charge in [0.15, 0.2) is 17.5 Å². The molecular weight excluding hydrogens is 330 g/mol. The van der Waals surface area contributed by atoms with Gasteiger partial charge in [-0.05, 0) is 38.3 Å². The summed E-state index contributed by atoms with van der Waals surface area (Å²) in [7, 11) is 3.42. The number of hydrogen-bond donors (Lipinski definition) is 2. The van der Waals surface area contributed by atoms with Crippen molar-refractivity contribution in [3.63, 3.8) is 0 Å². The van der Waals surface area contributed by atoms with Crippen LogP contribution in [-0.4, -0.2) is 52.0 Å². The van der Waals surface area contributed by atoms with Gasteiger partial charge in [-0.3, -0.25) is 4.99 Å². The Kier molecular flexibility index (Phi) is 9.10. The molecule has 1 fully saturated rings. The molecule has 1 aromatic carbocycles. The van der Waals surface area contributed by atoms with Crippen LogP contribution in [0.2, 0.25) is 0 Å². The minimum absolute atomic E-state index is 0.0180. The highest BCUT2D eigenvalue weighted by molar-refractivity contribution is 5.79. The van der Waals surface area contributed by atoms with Crippen LogP contribution >= 0.6 is 0 Å². The highest BCUT2D eigenvalue weighted by atomic mass is 16.5. The third kappa shape index (κ3) is 7.12. The molecule has 0 amide bonds. The van der Waals surface area contributed by atoms with Crippen molar-refractivity contribution in [2.45, 2.75) is 51.2 Å². The van der Waals surface area contributed by atoms with E-state index in [0.717, 1.165) is 37.0 Å². The quantitative estimate of drug-likeness (QED) is 0.380. The van der Waals surface area contributed by atoms with E-state index in [1.165, 1.54) is 25.7 Å². The highest BCUT2D eigenvalue weighted by Crippen LogP contribution is 2.26. The molecule has 1 saturated carbocycles. The first-order valence-electron chi connectivity index (χ1n) is 9.58. The summed E-state index contributed by atoms with van der Waals surface area (Å²) in [6.45, 7) is 4.31. The molecule has 1 atom stereocenters. The normalized spacial score (nSPS) is 16.3. The fourth-order valence-corrected chi connectivity index (χ4v) is 3.02. The Balaban J connectivity index is 1.61. The van der Waals surface area contributed by atoms with Gasteiger partial charge in [-0.25, -0.2) is 0 Å². The zero-order valence-corrected chi connectivity index (χ0v) is 16.3. The molecule has 0 aliphatic heterocycles. The highest BCUT2D eigenvalue weighted by Gasteiger charge is 2.14. The zero-order chi connectivity index (χ0) is 18.6. The van der Waals surface area contributed by atoms with Gasteiger partial charge in [-0.1, -0.05) is 25.0 Å². The summed E-state index contributed by atoms with van der Waals surface area (Å²) in [5.74, 6) is 2.27. The van der Waals surface area contributed by atoms with Gasteiger partial charge in [0.25, 0.3) is 0 Å². The second-order valence-corrected chi connectivity index (χ2v) is 6.59. The standard InChI is InChI=1S/C20H33N3O3/c1-16(26-19-12-7-6-11-18(19)24-3)15-23-20(21-2)22-13-8-14-25-17-9-4-5-10-17/h6-7,11-12,16-17H,4-5,8-10,13-15H2,1-3H3,(H2,21,22,23). The molecule has 0 heterocycles. The number of nitrogens with one attached hydrogen (secondary N) is 2. The smallest absolute Gasteiger partial charge is 0.191 e. The predicted molar refractivity (Wildman–Crippen MR) is 105 cm³/mol. The van der Waals surface area contributed by atoms with Crippen LogP contribution in [-0.2, 0) is 4.74 Å². The number of nitrogens with zero attached hydrogens (tertiary/aromatic N) is 1. The first-order valence-corrected chi connectivity index (χ1v) is 9.58. The van der Waals surface area contributed by atoms with Crippen LogP contribution in [0.25, 0.3) is 0 Å². The molecule has 146 valence electrons. The van der Waals surface area contributed by atoms with E-state index < -0.39 is 0 Å². The van der Waals surface area contributed by atoms with Gasteiger partial charge in [-0.2, -0.15) is 0 Å². The lowest BCUT2D eigenvalue weighted by Crippen LogP contribution is -2.42. The number of methoxy groups -OCH3 is 1. The summed E-state index contributed by atoms with van der Waals surface area (Å²) in [6.07, 6.45) is 6.52. The number of para-hydroxylation sites is 2. The molecule has 0 spiro atoms. The topological polar surface area (TPSA) is 64.1 Å². The zero-order valence-electron chi connectivity index (χ0n) is 16.3. The van der Waals surface area contributed by atoms with Crippen LogP contribution in [0.3, 0.4) is 0 Å². The van der Waals surface area contributed by atoms with Crippen molar-refractivity contribution in [1.82, 2.24) is 10.6 Å². The molecule has 1 aliphatic carbocycles. The summed E-state index contributed by atoms with van der Waals surface area (Å²) < 4.78 is 17.1. The molecule has 1 unspecified atom stereocenters. The summed E-state index contributed by atoms with van der Waals surface area (Å²) in [5.41, 5.74) is 0. The molecule has 0 radical (unpaired) electrons. The van der Waals surface area contributed by atoms with E-state index in [-0.39, 0.29) is 6.10 Å². The molecule has 6 nitrogen and oxygen atoms in total. The van der Waals surface area contributed by atoms with E-state index in [4.69, 9.17) is 14.2 Å². The van der Waals surface area contributed by atoms with Crippen LogP contribution in [0.4, 0.5) is 0 Å². The first kappa shape index (κ1) is 20.4. The lowest BCUT2D eigenvalue weighted by molar-refractivity contribution is 0.0574. The van der Waals surface area contributed by atoms with Gasteiger partial charge in [-0.15, -0.1) is 0 Å². The fraction of sp³-hybridized carbons (Fsp3) is 0.650. The number of guanidine groups is 1. The average molecular weight is 364 g/mol. The Labute approximate surface area is 157 Å². The molecule has 2 rings (SSSR count). The van der Waals surface area contributed by atoms with Gasteiger partial charge < -0.3 is 24.8 Å². The third-order valence-electron chi connectivity index (χ3n) is 4.45. The lowest BCUT2D eigenvalue weighted by atomic mass is 10.3. The molecule has 0 bridgehead atoms. The molecule has 26 heavy (non-hydrogen) atoms. The Morgan fingerprint density at radius 2 is 1.92 bits per heavy atom. The Morgan fingerprint density at radius 1 is 1.19 bits per heavy atom. The van der Waals surface area contributed by atoms with E-state index in [1.807, 2.05) is 31.2 Å². The van der Waals surface area contributed by atoms with Crippen molar-refractivity contribution in [2.75, 3.05) is 33.9 Å². The van der Waals surface area contributed by atoms with E-state index in [1.54, 1.807) is 14.2 Å². The molecule has 1 aromatic rings. The van der Waals surface area contributed by atoms with Gasteiger partial charge in [0.05, 0.1) is 19.8 Å². The maximum absolute atomic E-state index is 5.94. The number of aliphatic imine (C=N–C) groups is 1. The van der Waals surface area contributed by atoms with Crippen LogP contribution in [0, 0.1) is 0 Å². The fourth-order valence-electron chi connectivity index (χ4n) is 3.02. The Morgan fingerprint density at radius 3 is 2.62 bits per heavy atom. The second kappa shape index (κ2) is 11.6. The lowest BCUT2D eigenvalue weighted by Gasteiger charge is -2.19. The van der Waals surface area contributed by atoms with Crippen LogP contribution in [0.15, 0.2) is 29.3 Å².